The van der Waals surface area contributed by atoms with Crippen molar-refractivity contribution >= 4 is 11.5 Å². The normalized spacial score (nSPS) is 11.8. The van der Waals surface area contributed by atoms with E-state index in [1.165, 1.54) is 6.07 Å². The molecule has 5 nitrogen and oxygen atoms in total. The molecule has 0 spiro atoms. The molecule has 2 aromatic heterocycles. The highest BCUT2D eigenvalue weighted by Gasteiger charge is 2.37. The van der Waals surface area contributed by atoms with Crippen LogP contribution in [0.2, 0.25) is 0 Å². The van der Waals surface area contributed by atoms with Crippen molar-refractivity contribution in [2.24, 2.45) is 5.73 Å². The number of nitrogens with two attached hydrogens (primary N) is 1. The number of nitrogens with zero attached hydrogens (tertiary/aromatic N) is 3. The summed E-state index contributed by atoms with van der Waals surface area (Å²) in [6.07, 6.45) is -4.67. The summed E-state index contributed by atoms with van der Waals surface area (Å²) in [4.78, 5) is 3.50. The summed E-state index contributed by atoms with van der Waals surface area (Å²) in [6, 6.07) is 11.9. The Labute approximate surface area is 122 Å². The van der Waals surface area contributed by atoms with Crippen LogP contribution in [0, 0.1) is 5.41 Å². The SMILES string of the molecule is N=C(N)c1ccc(-c2ccccc2)n2nc(C(F)(F)F)nc12. The second-order valence-corrected chi connectivity index (χ2v) is 4.58. The maximum Gasteiger partial charge on any atom is 0.453 e. The van der Waals surface area contributed by atoms with Crippen LogP contribution in [0.3, 0.4) is 0 Å². The standard InChI is InChI=1S/C14H10F3N5/c15-14(16,17)13-20-12-9(11(18)19)6-7-10(22(12)21-13)8-4-2-1-3-5-8/h1-7H,(H3,18,19). The van der Waals surface area contributed by atoms with Crippen molar-refractivity contribution < 1.29 is 13.2 Å². The molecule has 0 saturated heterocycles. The predicted octanol–water partition coefficient (Wildman–Crippen LogP) is 2.70. The lowest BCUT2D eigenvalue weighted by molar-refractivity contribution is -0.144. The van der Waals surface area contributed by atoms with E-state index < -0.39 is 12.0 Å². The van der Waals surface area contributed by atoms with E-state index in [0.717, 1.165) is 4.52 Å². The van der Waals surface area contributed by atoms with E-state index in [-0.39, 0.29) is 17.0 Å². The van der Waals surface area contributed by atoms with Crippen LogP contribution in [0.1, 0.15) is 11.4 Å². The molecular formula is C14H10F3N5. The number of hydrogen-bond donors (Lipinski definition) is 2. The Kier molecular flexibility index (Phi) is 3.09. The molecule has 2 heterocycles. The smallest absolute Gasteiger partial charge is 0.384 e. The number of benzene rings is 1. The molecule has 0 aliphatic rings. The third-order valence-electron chi connectivity index (χ3n) is 3.10. The molecule has 1 aromatic carbocycles. The van der Waals surface area contributed by atoms with E-state index in [1.54, 1.807) is 36.4 Å². The Morgan fingerprint density at radius 2 is 1.77 bits per heavy atom. The summed E-state index contributed by atoms with van der Waals surface area (Å²) in [5, 5.41) is 11.0. The van der Waals surface area contributed by atoms with Crippen LogP contribution >= 0.6 is 0 Å². The quantitative estimate of drug-likeness (QED) is 0.564. The van der Waals surface area contributed by atoms with Crippen molar-refractivity contribution in [2.75, 3.05) is 0 Å². The first kappa shape index (κ1) is 14.1. The number of aromatic nitrogens is 3. The molecule has 0 saturated carbocycles. The van der Waals surface area contributed by atoms with Crippen molar-refractivity contribution in [1.29, 1.82) is 5.41 Å². The third-order valence-corrected chi connectivity index (χ3v) is 3.10. The molecule has 22 heavy (non-hydrogen) atoms. The maximum atomic E-state index is 12.9. The number of hydrogen-bond acceptors (Lipinski definition) is 3. The minimum atomic E-state index is -4.67. The molecule has 112 valence electrons. The molecule has 3 aromatic rings. The lowest BCUT2D eigenvalue weighted by Gasteiger charge is -2.07. The van der Waals surface area contributed by atoms with Gasteiger partial charge in [-0.25, -0.2) is 9.50 Å². The highest BCUT2D eigenvalue weighted by molar-refractivity contribution is 6.00. The van der Waals surface area contributed by atoms with Crippen LogP contribution in [0.25, 0.3) is 16.9 Å². The minimum absolute atomic E-state index is 0.0961. The summed E-state index contributed by atoms with van der Waals surface area (Å²) in [5.41, 5.74) is 6.53. The summed E-state index contributed by atoms with van der Waals surface area (Å²) in [7, 11) is 0. The van der Waals surface area contributed by atoms with Gasteiger partial charge in [-0.15, -0.1) is 5.10 Å². The van der Waals surface area contributed by atoms with E-state index in [2.05, 4.69) is 10.1 Å². The zero-order valence-corrected chi connectivity index (χ0v) is 11.1. The van der Waals surface area contributed by atoms with Crippen molar-refractivity contribution in [2.45, 2.75) is 6.18 Å². The minimum Gasteiger partial charge on any atom is -0.384 e. The van der Waals surface area contributed by atoms with Gasteiger partial charge in [0.2, 0.25) is 0 Å². The Morgan fingerprint density at radius 3 is 2.36 bits per heavy atom. The first-order chi connectivity index (χ1) is 10.4. The van der Waals surface area contributed by atoms with Gasteiger partial charge >= 0.3 is 6.18 Å². The second-order valence-electron chi connectivity index (χ2n) is 4.58. The fraction of sp³-hybridized carbons (Fsp3) is 0.0714. The Balaban J connectivity index is 2.34. The number of amidine groups is 1. The van der Waals surface area contributed by atoms with Gasteiger partial charge in [0.15, 0.2) is 5.65 Å². The molecule has 0 radical (unpaired) electrons. The van der Waals surface area contributed by atoms with Crippen LogP contribution < -0.4 is 5.73 Å². The van der Waals surface area contributed by atoms with Crippen LogP contribution in [-0.2, 0) is 6.18 Å². The first-order valence-corrected chi connectivity index (χ1v) is 6.25. The topological polar surface area (TPSA) is 80.1 Å². The van der Waals surface area contributed by atoms with Gasteiger partial charge in [-0.1, -0.05) is 30.3 Å². The van der Waals surface area contributed by atoms with Crippen molar-refractivity contribution in [3.8, 4) is 11.3 Å². The van der Waals surface area contributed by atoms with E-state index >= 15 is 0 Å². The van der Waals surface area contributed by atoms with Crippen LogP contribution in [0.5, 0.6) is 0 Å². The van der Waals surface area contributed by atoms with Gasteiger partial charge in [0.1, 0.15) is 5.84 Å². The number of nitrogens with one attached hydrogen (secondary N) is 1. The van der Waals surface area contributed by atoms with Gasteiger partial charge in [-0.2, -0.15) is 13.2 Å². The molecule has 3 N–H and O–H groups in total. The Hall–Kier alpha value is -2.90. The van der Waals surface area contributed by atoms with Crippen LogP contribution in [-0.4, -0.2) is 20.4 Å². The van der Waals surface area contributed by atoms with Crippen LogP contribution in [0.15, 0.2) is 42.5 Å². The summed E-state index contributed by atoms with van der Waals surface area (Å²) in [5.74, 6) is -1.64. The summed E-state index contributed by atoms with van der Waals surface area (Å²) < 4.78 is 39.7. The Bertz CT molecular complexity index is 852. The van der Waals surface area contributed by atoms with E-state index in [1.807, 2.05) is 0 Å². The number of alkyl halides is 3. The molecule has 0 bridgehead atoms. The average molecular weight is 305 g/mol. The molecular weight excluding hydrogens is 295 g/mol. The zero-order chi connectivity index (χ0) is 15.9. The molecule has 8 heteroatoms. The Morgan fingerprint density at radius 1 is 1.09 bits per heavy atom. The van der Waals surface area contributed by atoms with Crippen molar-refractivity contribution in [3.63, 3.8) is 0 Å². The molecule has 0 unspecified atom stereocenters. The molecule has 0 aliphatic carbocycles. The molecule has 0 aliphatic heterocycles. The molecule has 0 atom stereocenters. The third kappa shape index (κ3) is 2.28. The predicted molar refractivity (Wildman–Crippen MR) is 74.4 cm³/mol. The van der Waals surface area contributed by atoms with Crippen molar-refractivity contribution in [3.05, 3.63) is 53.9 Å². The van der Waals surface area contributed by atoms with Gasteiger partial charge in [-0.05, 0) is 12.1 Å². The number of fused-ring (bicyclic) bond motifs is 1. The average Bonchev–Trinajstić information content (AvgIpc) is 2.92. The van der Waals surface area contributed by atoms with Gasteiger partial charge in [0, 0.05) is 5.56 Å². The zero-order valence-electron chi connectivity index (χ0n) is 11.1. The lowest BCUT2D eigenvalue weighted by Crippen LogP contribution is -2.13. The number of pyridine rings is 1. The highest BCUT2D eigenvalue weighted by Crippen LogP contribution is 2.29. The largest absolute Gasteiger partial charge is 0.453 e. The van der Waals surface area contributed by atoms with E-state index in [0.29, 0.717) is 11.3 Å². The molecule has 0 amide bonds. The summed E-state index contributed by atoms with van der Waals surface area (Å²) >= 11 is 0. The van der Waals surface area contributed by atoms with Gasteiger partial charge in [0.05, 0.1) is 11.3 Å². The van der Waals surface area contributed by atoms with Crippen molar-refractivity contribution in [1.82, 2.24) is 14.6 Å². The van der Waals surface area contributed by atoms with Gasteiger partial charge < -0.3 is 5.73 Å². The first-order valence-electron chi connectivity index (χ1n) is 6.25. The maximum absolute atomic E-state index is 12.9. The van der Waals surface area contributed by atoms with Gasteiger partial charge in [0.25, 0.3) is 5.82 Å². The monoisotopic (exact) mass is 305 g/mol. The highest BCUT2D eigenvalue weighted by atomic mass is 19.4. The molecule has 3 rings (SSSR count). The second kappa shape index (κ2) is 4.83. The molecule has 0 fully saturated rings. The van der Waals surface area contributed by atoms with E-state index in [9.17, 15) is 13.2 Å². The number of halogens is 3. The lowest BCUT2D eigenvalue weighted by atomic mass is 10.1. The van der Waals surface area contributed by atoms with Crippen LogP contribution in [0.4, 0.5) is 13.2 Å². The number of nitrogen functional groups attached to an aromatic ring is 1. The fourth-order valence-electron chi connectivity index (χ4n) is 2.12. The fourth-order valence-corrected chi connectivity index (χ4v) is 2.12. The summed E-state index contributed by atoms with van der Waals surface area (Å²) in [6.45, 7) is 0. The van der Waals surface area contributed by atoms with Gasteiger partial charge in [-0.3, -0.25) is 5.41 Å². The van der Waals surface area contributed by atoms with E-state index in [4.69, 9.17) is 11.1 Å². The number of rotatable bonds is 2.